The van der Waals surface area contributed by atoms with Gasteiger partial charge in [0.05, 0.1) is 4.90 Å². The monoisotopic (exact) mass is 371 g/mol. The Morgan fingerprint density at radius 1 is 0.962 bits per heavy atom. The molecule has 0 saturated heterocycles. The van der Waals surface area contributed by atoms with Gasteiger partial charge < -0.3 is 5.32 Å². The van der Waals surface area contributed by atoms with Crippen LogP contribution < -0.4 is 10.0 Å². The number of hydrogen-bond donors (Lipinski definition) is 2. The van der Waals surface area contributed by atoms with Gasteiger partial charge in [0, 0.05) is 24.2 Å². The van der Waals surface area contributed by atoms with E-state index in [1.807, 2.05) is 6.07 Å². The third-order valence-electron chi connectivity index (χ3n) is 4.06. The number of amides is 1. The molecule has 26 heavy (non-hydrogen) atoms. The Hall–Kier alpha value is -2.67. The smallest absolute Gasteiger partial charge is 0.262 e. The number of aliphatic imine (C=N–C) groups is 1. The zero-order valence-electron chi connectivity index (χ0n) is 14.3. The summed E-state index contributed by atoms with van der Waals surface area (Å²) in [6, 6.07) is 15.0. The Balaban J connectivity index is 1.75. The van der Waals surface area contributed by atoms with Crippen molar-refractivity contribution in [2.75, 3.05) is 11.9 Å². The first-order valence-electron chi connectivity index (χ1n) is 8.57. The molecule has 0 spiro atoms. The molecule has 0 aromatic heterocycles. The normalized spacial score (nSPS) is 14.8. The number of nitrogens with one attached hydrogen (secondary N) is 2. The molecule has 0 fully saturated rings. The number of sulfonamides is 1. The predicted molar refractivity (Wildman–Crippen MR) is 102 cm³/mol. The van der Waals surface area contributed by atoms with Crippen molar-refractivity contribution in [1.29, 1.82) is 0 Å². The summed E-state index contributed by atoms with van der Waals surface area (Å²) < 4.78 is 27.8. The van der Waals surface area contributed by atoms with Crippen LogP contribution in [0.4, 0.5) is 5.69 Å². The van der Waals surface area contributed by atoms with Gasteiger partial charge in [-0.1, -0.05) is 30.7 Å². The summed E-state index contributed by atoms with van der Waals surface area (Å²) in [6.07, 6.45) is 3.58. The third-order valence-corrected chi connectivity index (χ3v) is 5.44. The van der Waals surface area contributed by atoms with Crippen LogP contribution in [0.25, 0.3) is 0 Å². The number of hydrogen-bond acceptors (Lipinski definition) is 4. The van der Waals surface area contributed by atoms with Gasteiger partial charge in [-0.15, -0.1) is 0 Å². The molecule has 7 heteroatoms. The van der Waals surface area contributed by atoms with Crippen molar-refractivity contribution in [1.82, 2.24) is 4.72 Å². The lowest BCUT2D eigenvalue weighted by atomic mass is 10.2. The third kappa shape index (κ3) is 4.70. The van der Waals surface area contributed by atoms with Crippen LogP contribution in [0.3, 0.4) is 0 Å². The molecule has 0 unspecified atom stereocenters. The van der Waals surface area contributed by atoms with Crippen LogP contribution in [0.1, 0.15) is 36.0 Å². The number of amidine groups is 1. The van der Waals surface area contributed by atoms with E-state index in [0.717, 1.165) is 19.3 Å². The van der Waals surface area contributed by atoms with Crippen LogP contribution in [0.15, 0.2) is 64.5 Å². The lowest BCUT2D eigenvalue weighted by Crippen LogP contribution is -2.30. The van der Waals surface area contributed by atoms with Gasteiger partial charge in [0.25, 0.3) is 15.9 Å². The van der Waals surface area contributed by atoms with Crippen molar-refractivity contribution in [2.24, 2.45) is 4.99 Å². The molecule has 0 bridgehead atoms. The Morgan fingerprint density at radius 3 is 2.58 bits per heavy atom. The van der Waals surface area contributed by atoms with E-state index < -0.39 is 10.0 Å². The summed E-state index contributed by atoms with van der Waals surface area (Å²) >= 11 is 0. The first kappa shape index (κ1) is 18.1. The van der Waals surface area contributed by atoms with Gasteiger partial charge in [-0.05, 0) is 43.2 Å². The minimum absolute atomic E-state index is 0.0929. The first-order chi connectivity index (χ1) is 12.5. The molecule has 2 aromatic rings. The molecule has 3 rings (SSSR count). The summed E-state index contributed by atoms with van der Waals surface area (Å²) in [7, 11) is -3.73. The zero-order valence-corrected chi connectivity index (χ0v) is 15.1. The number of carbonyl (C=O) groups excluding carboxylic acids is 1. The van der Waals surface area contributed by atoms with Gasteiger partial charge in [0.2, 0.25) is 0 Å². The van der Waals surface area contributed by atoms with Crippen molar-refractivity contribution in [3.8, 4) is 0 Å². The number of benzene rings is 2. The van der Waals surface area contributed by atoms with E-state index in [4.69, 9.17) is 0 Å². The first-order valence-corrected chi connectivity index (χ1v) is 10.1. The molecule has 0 atom stereocenters. The summed E-state index contributed by atoms with van der Waals surface area (Å²) in [5.41, 5.74) is 0.927. The molecule has 136 valence electrons. The maximum atomic E-state index is 12.6. The van der Waals surface area contributed by atoms with E-state index in [0.29, 0.717) is 30.1 Å². The molecular formula is C19H21N3O3S. The molecular weight excluding hydrogens is 350 g/mol. The van der Waals surface area contributed by atoms with Crippen LogP contribution >= 0.6 is 0 Å². The second-order valence-electron chi connectivity index (χ2n) is 6.09. The maximum absolute atomic E-state index is 12.6. The standard InChI is InChI=1S/C19H21N3O3S/c23-19(15-8-3-1-4-9-15)21-16-10-7-11-17(14-16)26(24,25)22-18-12-5-2-6-13-20-18/h1,3-4,7-11,14H,2,5-6,12-13H2,(H,20,22)(H,21,23). The second kappa shape index (κ2) is 8.14. The Bertz CT molecular complexity index is 909. The van der Waals surface area contributed by atoms with E-state index in [-0.39, 0.29) is 10.8 Å². The van der Waals surface area contributed by atoms with Crippen molar-refractivity contribution in [3.05, 3.63) is 60.2 Å². The van der Waals surface area contributed by atoms with Crippen molar-refractivity contribution in [2.45, 2.75) is 30.6 Å². The summed E-state index contributed by atoms with van der Waals surface area (Å²) in [5.74, 6) is 0.211. The fourth-order valence-corrected chi connectivity index (χ4v) is 3.84. The molecule has 0 saturated carbocycles. The van der Waals surface area contributed by atoms with Gasteiger partial charge in [-0.25, -0.2) is 8.42 Å². The molecule has 1 heterocycles. The number of rotatable bonds is 4. The van der Waals surface area contributed by atoms with Crippen LogP contribution in [0.2, 0.25) is 0 Å². The van der Waals surface area contributed by atoms with Gasteiger partial charge in [-0.3, -0.25) is 14.5 Å². The average molecular weight is 371 g/mol. The minimum Gasteiger partial charge on any atom is -0.322 e. The highest BCUT2D eigenvalue weighted by molar-refractivity contribution is 7.90. The molecule has 1 aliphatic rings. The van der Waals surface area contributed by atoms with Crippen LogP contribution in [-0.2, 0) is 10.0 Å². The van der Waals surface area contributed by atoms with Crippen LogP contribution in [-0.4, -0.2) is 26.7 Å². The van der Waals surface area contributed by atoms with Crippen LogP contribution in [0, 0.1) is 0 Å². The Kier molecular flexibility index (Phi) is 5.68. The minimum atomic E-state index is -3.73. The van der Waals surface area contributed by atoms with Crippen molar-refractivity contribution >= 4 is 27.5 Å². The quantitative estimate of drug-likeness (QED) is 0.865. The maximum Gasteiger partial charge on any atom is 0.262 e. The molecule has 6 nitrogen and oxygen atoms in total. The molecule has 2 N–H and O–H groups in total. The highest BCUT2D eigenvalue weighted by Crippen LogP contribution is 2.17. The number of carbonyl (C=O) groups is 1. The van der Waals surface area contributed by atoms with E-state index >= 15 is 0 Å². The topological polar surface area (TPSA) is 87.6 Å². The van der Waals surface area contributed by atoms with E-state index in [9.17, 15) is 13.2 Å². The summed E-state index contributed by atoms with van der Waals surface area (Å²) in [5, 5.41) is 2.72. The number of anilines is 1. The zero-order chi connectivity index (χ0) is 18.4. The van der Waals surface area contributed by atoms with E-state index in [2.05, 4.69) is 15.0 Å². The fourth-order valence-electron chi connectivity index (χ4n) is 2.71. The number of nitrogens with zero attached hydrogens (tertiary/aromatic N) is 1. The highest BCUT2D eigenvalue weighted by Gasteiger charge is 2.18. The summed E-state index contributed by atoms with van der Waals surface area (Å²) in [6.45, 7) is 0.644. The molecule has 1 aliphatic heterocycles. The fraction of sp³-hybridized carbons (Fsp3) is 0.263. The van der Waals surface area contributed by atoms with Crippen molar-refractivity contribution in [3.63, 3.8) is 0 Å². The second-order valence-corrected chi connectivity index (χ2v) is 7.77. The lowest BCUT2D eigenvalue weighted by molar-refractivity contribution is 0.102. The van der Waals surface area contributed by atoms with E-state index in [1.165, 1.54) is 12.1 Å². The molecule has 0 aliphatic carbocycles. The van der Waals surface area contributed by atoms with Gasteiger partial charge >= 0.3 is 0 Å². The molecule has 0 radical (unpaired) electrons. The average Bonchev–Trinajstić information content (AvgIpc) is 2.91. The van der Waals surface area contributed by atoms with Gasteiger partial charge in [0.1, 0.15) is 5.84 Å². The Labute approximate surface area is 153 Å². The largest absolute Gasteiger partial charge is 0.322 e. The van der Waals surface area contributed by atoms with Crippen molar-refractivity contribution < 1.29 is 13.2 Å². The van der Waals surface area contributed by atoms with Gasteiger partial charge in [0.15, 0.2) is 0 Å². The molecule has 2 aromatic carbocycles. The van der Waals surface area contributed by atoms with E-state index in [1.54, 1.807) is 36.4 Å². The molecule has 1 amide bonds. The predicted octanol–water partition coefficient (Wildman–Crippen LogP) is 3.19. The SMILES string of the molecule is O=C(Nc1cccc(S(=O)(=O)NC2=NCCCCC2)c1)c1ccccc1. The summed E-state index contributed by atoms with van der Waals surface area (Å²) in [4.78, 5) is 16.6. The Morgan fingerprint density at radius 2 is 1.77 bits per heavy atom. The van der Waals surface area contributed by atoms with Crippen LogP contribution in [0.5, 0.6) is 0 Å². The highest BCUT2D eigenvalue weighted by atomic mass is 32.2. The van der Waals surface area contributed by atoms with Gasteiger partial charge in [-0.2, -0.15) is 0 Å². The lowest BCUT2D eigenvalue weighted by Gasteiger charge is -2.11.